The minimum absolute atomic E-state index is 0.0530. The maximum Gasteiger partial charge on any atom is 0.106 e. The Kier molecular flexibility index (Phi) is 2.47. The molecule has 1 aliphatic heterocycles. The van der Waals surface area contributed by atoms with Crippen molar-refractivity contribution in [1.29, 1.82) is 0 Å². The molecule has 2 N–H and O–H groups in total. The lowest BCUT2D eigenvalue weighted by atomic mass is 10.1. The summed E-state index contributed by atoms with van der Waals surface area (Å²) in [4.78, 5) is 0. The standard InChI is InChI=1S/C10H13NO2/c11-9-3-1-2-8(6-9)10-7-12-4-5-13-10/h1-3,6,10H,4-5,7,11H2/t10-/m1/s1. The number of hydrogen-bond acceptors (Lipinski definition) is 3. The molecule has 0 saturated carbocycles. The van der Waals surface area contributed by atoms with Gasteiger partial charge in [-0.05, 0) is 17.7 Å². The highest BCUT2D eigenvalue weighted by Gasteiger charge is 2.15. The van der Waals surface area contributed by atoms with Crippen molar-refractivity contribution < 1.29 is 9.47 Å². The third kappa shape index (κ3) is 1.99. The maximum atomic E-state index is 5.67. The van der Waals surface area contributed by atoms with Crippen LogP contribution in [-0.4, -0.2) is 19.8 Å². The Balaban J connectivity index is 2.14. The van der Waals surface area contributed by atoms with E-state index in [1.54, 1.807) is 0 Å². The predicted octanol–water partition coefficient (Wildman–Crippen LogP) is 1.36. The molecule has 1 aromatic rings. The number of anilines is 1. The lowest BCUT2D eigenvalue weighted by Gasteiger charge is -2.23. The van der Waals surface area contributed by atoms with Crippen LogP contribution in [-0.2, 0) is 9.47 Å². The Hall–Kier alpha value is -1.06. The highest BCUT2D eigenvalue weighted by Crippen LogP contribution is 2.21. The maximum absolute atomic E-state index is 5.67. The van der Waals surface area contributed by atoms with Crippen LogP contribution in [0, 0.1) is 0 Å². The molecule has 0 unspecified atom stereocenters. The van der Waals surface area contributed by atoms with Crippen molar-refractivity contribution in [3.05, 3.63) is 29.8 Å². The van der Waals surface area contributed by atoms with Crippen molar-refractivity contribution in [2.75, 3.05) is 25.6 Å². The lowest BCUT2D eigenvalue weighted by molar-refractivity contribution is -0.0901. The van der Waals surface area contributed by atoms with Crippen molar-refractivity contribution >= 4 is 5.69 Å². The van der Waals surface area contributed by atoms with Crippen molar-refractivity contribution in [1.82, 2.24) is 0 Å². The van der Waals surface area contributed by atoms with Crippen molar-refractivity contribution in [2.45, 2.75) is 6.10 Å². The van der Waals surface area contributed by atoms with E-state index in [-0.39, 0.29) is 6.10 Å². The average molecular weight is 179 g/mol. The Morgan fingerprint density at radius 3 is 2.92 bits per heavy atom. The van der Waals surface area contributed by atoms with E-state index in [0.717, 1.165) is 11.3 Å². The summed E-state index contributed by atoms with van der Waals surface area (Å²) < 4.78 is 10.8. The van der Waals surface area contributed by atoms with Gasteiger partial charge in [0.1, 0.15) is 6.10 Å². The van der Waals surface area contributed by atoms with Crippen molar-refractivity contribution in [2.24, 2.45) is 0 Å². The van der Waals surface area contributed by atoms with Crippen LogP contribution in [0.15, 0.2) is 24.3 Å². The van der Waals surface area contributed by atoms with Crippen LogP contribution >= 0.6 is 0 Å². The molecule has 1 atom stereocenters. The molecule has 2 rings (SSSR count). The van der Waals surface area contributed by atoms with E-state index in [1.165, 1.54) is 0 Å². The molecule has 0 radical (unpaired) electrons. The van der Waals surface area contributed by atoms with Gasteiger partial charge in [0.05, 0.1) is 19.8 Å². The molecular formula is C10H13NO2. The first kappa shape index (κ1) is 8.53. The van der Waals surface area contributed by atoms with Crippen LogP contribution in [0.5, 0.6) is 0 Å². The molecule has 0 aromatic heterocycles. The summed E-state index contributed by atoms with van der Waals surface area (Å²) in [5, 5.41) is 0. The van der Waals surface area contributed by atoms with E-state index >= 15 is 0 Å². The largest absolute Gasteiger partial charge is 0.399 e. The number of benzene rings is 1. The summed E-state index contributed by atoms with van der Waals surface area (Å²) in [5.41, 5.74) is 7.54. The van der Waals surface area contributed by atoms with Gasteiger partial charge in [-0.15, -0.1) is 0 Å². The molecule has 13 heavy (non-hydrogen) atoms. The number of nitrogens with two attached hydrogens (primary N) is 1. The third-order valence-electron chi connectivity index (χ3n) is 2.10. The van der Waals surface area contributed by atoms with Gasteiger partial charge >= 0.3 is 0 Å². The fraction of sp³-hybridized carbons (Fsp3) is 0.400. The molecule has 70 valence electrons. The normalized spacial score (nSPS) is 22.9. The monoisotopic (exact) mass is 179 g/mol. The van der Waals surface area contributed by atoms with E-state index in [4.69, 9.17) is 15.2 Å². The van der Waals surface area contributed by atoms with E-state index in [1.807, 2.05) is 24.3 Å². The molecule has 1 aromatic carbocycles. The summed E-state index contributed by atoms with van der Waals surface area (Å²) in [6, 6.07) is 7.74. The molecule has 0 amide bonds. The van der Waals surface area contributed by atoms with Crippen LogP contribution in [0.2, 0.25) is 0 Å². The highest BCUT2D eigenvalue weighted by molar-refractivity contribution is 5.41. The Morgan fingerprint density at radius 2 is 2.23 bits per heavy atom. The first-order chi connectivity index (χ1) is 6.36. The second-order valence-electron chi connectivity index (χ2n) is 3.10. The Morgan fingerprint density at radius 1 is 1.31 bits per heavy atom. The topological polar surface area (TPSA) is 44.5 Å². The second kappa shape index (κ2) is 3.77. The molecular weight excluding hydrogens is 166 g/mol. The van der Waals surface area contributed by atoms with E-state index in [0.29, 0.717) is 19.8 Å². The SMILES string of the molecule is Nc1cccc([C@H]2COCCO2)c1. The first-order valence-corrected chi connectivity index (χ1v) is 4.41. The molecule has 1 saturated heterocycles. The Bertz CT molecular complexity index is 282. The van der Waals surface area contributed by atoms with Crippen molar-refractivity contribution in [3.8, 4) is 0 Å². The molecule has 0 aliphatic carbocycles. The molecule has 3 heteroatoms. The second-order valence-corrected chi connectivity index (χ2v) is 3.10. The average Bonchev–Trinajstić information content (AvgIpc) is 2.19. The lowest BCUT2D eigenvalue weighted by Crippen LogP contribution is -2.21. The van der Waals surface area contributed by atoms with Gasteiger partial charge in [-0.3, -0.25) is 0 Å². The van der Waals surface area contributed by atoms with Gasteiger partial charge in [-0.1, -0.05) is 12.1 Å². The molecule has 3 nitrogen and oxygen atoms in total. The zero-order chi connectivity index (χ0) is 9.10. The Labute approximate surface area is 77.5 Å². The van der Waals surface area contributed by atoms with Crippen LogP contribution < -0.4 is 5.73 Å². The van der Waals surface area contributed by atoms with Crippen LogP contribution in [0.3, 0.4) is 0 Å². The zero-order valence-electron chi connectivity index (χ0n) is 7.40. The number of rotatable bonds is 1. The van der Waals surface area contributed by atoms with Gasteiger partial charge in [0.15, 0.2) is 0 Å². The quantitative estimate of drug-likeness (QED) is 0.662. The molecule has 1 fully saturated rings. The van der Waals surface area contributed by atoms with Gasteiger partial charge in [-0.25, -0.2) is 0 Å². The number of hydrogen-bond donors (Lipinski definition) is 1. The summed E-state index contributed by atoms with van der Waals surface area (Å²) in [6.07, 6.45) is 0.0530. The fourth-order valence-corrected chi connectivity index (χ4v) is 1.44. The van der Waals surface area contributed by atoms with Crippen molar-refractivity contribution in [3.63, 3.8) is 0 Å². The smallest absolute Gasteiger partial charge is 0.106 e. The first-order valence-electron chi connectivity index (χ1n) is 4.41. The van der Waals surface area contributed by atoms with Gasteiger partial charge in [-0.2, -0.15) is 0 Å². The zero-order valence-corrected chi connectivity index (χ0v) is 7.40. The summed E-state index contributed by atoms with van der Waals surface area (Å²) in [5.74, 6) is 0. The number of ether oxygens (including phenoxy) is 2. The molecule has 1 heterocycles. The summed E-state index contributed by atoms with van der Waals surface area (Å²) >= 11 is 0. The molecule has 0 bridgehead atoms. The van der Waals surface area contributed by atoms with Crippen LogP contribution in [0.4, 0.5) is 5.69 Å². The highest BCUT2D eigenvalue weighted by atomic mass is 16.6. The van der Waals surface area contributed by atoms with E-state index in [2.05, 4.69) is 0 Å². The van der Waals surface area contributed by atoms with Gasteiger partial charge in [0, 0.05) is 5.69 Å². The van der Waals surface area contributed by atoms with E-state index in [9.17, 15) is 0 Å². The van der Waals surface area contributed by atoms with Gasteiger partial charge in [0.25, 0.3) is 0 Å². The predicted molar refractivity (Wildman–Crippen MR) is 50.4 cm³/mol. The summed E-state index contributed by atoms with van der Waals surface area (Å²) in [6.45, 7) is 1.99. The number of nitrogen functional groups attached to an aromatic ring is 1. The van der Waals surface area contributed by atoms with Gasteiger partial charge < -0.3 is 15.2 Å². The van der Waals surface area contributed by atoms with E-state index < -0.39 is 0 Å². The third-order valence-corrected chi connectivity index (χ3v) is 2.10. The minimum Gasteiger partial charge on any atom is -0.399 e. The van der Waals surface area contributed by atoms with Crippen LogP contribution in [0.25, 0.3) is 0 Å². The molecule has 0 spiro atoms. The fourth-order valence-electron chi connectivity index (χ4n) is 1.44. The van der Waals surface area contributed by atoms with Gasteiger partial charge in [0.2, 0.25) is 0 Å². The summed E-state index contributed by atoms with van der Waals surface area (Å²) in [7, 11) is 0. The molecule has 1 aliphatic rings. The minimum atomic E-state index is 0.0530. The van der Waals surface area contributed by atoms with Crippen LogP contribution in [0.1, 0.15) is 11.7 Å².